The average molecular weight is 2030 g/mol. The second kappa shape index (κ2) is 56.8. The lowest BCUT2D eigenvalue weighted by atomic mass is 9.84. The highest BCUT2D eigenvalue weighted by atomic mass is 35.5. The van der Waals surface area contributed by atoms with Crippen molar-refractivity contribution in [2.24, 2.45) is 29.5 Å². The first kappa shape index (κ1) is 52.4. The molecule has 10 N–H and O–H groups in total. The highest BCUT2D eigenvalue weighted by Gasteiger charge is 2.33. The molecular weight excluding hydrogens is 1800 g/mol. The van der Waals surface area contributed by atoms with Crippen LogP contribution in [0.2, 0.25) is 25.1 Å². The van der Waals surface area contributed by atoms with Gasteiger partial charge < -0.3 is 77.7 Å². The van der Waals surface area contributed by atoms with E-state index in [2.05, 4.69) is 10.6 Å². The summed E-state index contributed by atoms with van der Waals surface area (Å²) in [6.45, 7) is -10.9. The second-order valence-electron chi connectivity index (χ2n) is 31.8. The third-order valence-corrected chi connectivity index (χ3v) is 24.9. The highest BCUT2D eigenvalue weighted by Crippen LogP contribution is 2.39. The maximum Gasteiger partial charge on any atom is 0.314 e. The highest BCUT2D eigenvalue weighted by molar-refractivity contribution is 6.35. The molecule has 5 heterocycles. The third kappa shape index (κ3) is 34.9. The van der Waals surface area contributed by atoms with Crippen LogP contribution in [0.1, 0.15) is 270 Å². The van der Waals surface area contributed by atoms with E-state index < -0.39 is 251 Å². The van der Waals surface area contributed by atoms with Gasteiger partial charge in [0.25, 0.3) is 0 Å². The van der Waals surface area contributed by atoms with E-state index in [4.69, 9.17) is 140 Å². The fourth-order valence-electron chi connectivity index (χ4n) is 14.5. The number of hydrogen-bond donors (Lipinski definition) is 10. The van der Waals surface area contributed by atoms with E-state index in [-0.39, 0.29) is 114 Å². The molecule has 10 fully saturated rings. The summed E-state index contributed by atoms with van der Waals surface area (Å²) in [7, 11) is 5.84. The summed E-state index contributed by atoms with van der Waals surface area (Å²) in [5.74, 6) is -15.2. The number of amides is 10. The molecule has 5 aliphatic carbocycles. The van der Waals surface area contributed by atoms with Gasteiger partial charge in [-0.1, -0.05) is 119 Å². The quantitative estimate of drug-likeness (QED) is 0.0262. The van der Waals surface area contributed by atoms with Crippen molar-refractivity contribution in [3.63, 3.8) is 0 Å². The van der Waals surface area contributed by atoms with E-state index in [1.807, 2.05) is 117 Å². The fraction of sp³-hybridized carbons (Fsp3) is 0.667. The number of benzene rings is 5. The van der Waals surface area contributed by atoms with Crippen LogP contribution in [0.25, 0.3) is 0 Å². The first-order valence-electron chi connectivity index (χ1n) is 74.2. The van der Waals surface area contributed by atoms with Crippen molar-refractivity contribution < 1.29 is 106 Å². The van der Waals surface area contributed by atoms with Gasteiger partial charge in [0.1, 0.15) is 0 Å². The first-order chi connectivity index (χ1) is 87.9. The molecule has 0 radical (unpaired) electrons. The lowest BCUT2D eigenvalue weighted by Gasteiger charge is -2.37. The summed E-state index contributed by atoms with van der Waals surface area (Å²) in [6, 6.07) is 6.46. The fourth-order valence-corrected chi connectivity index (χ4v) is 15.7. The van der Waals surface area contributed by atoms with E-state index >= 15 is 0 Å². The monoisotopic (exact) mass is 2020 g/mol. The van der Waals surface area contributed by atoms with E-state index in [9.17, 15) is 24.0 Å². The van der Waals surface area contributed by atoms with E-state index in [1.165, 1.54) is 11.0 Å². The number of urea groups is 5. The number of carbonyl (C=O) groups excluding carboxylic acids is 5. The molecule has 0 unspecified atom stereocenters. The molecule has 25 nitrogen and oxygen atoms in total. The Labute approximate surface area is 919 Å². The number of hydrogen-bond acceptors (Lipinski definition) is 15. The molecule has 5 saturated heterocycles. The number of rotatable bonds is 25. The summed E-state index contributed by atoms with van der Waals surface area (Å²) in [6.07, 6.45) is -70.7. The molecule has 750 valence electrons. The largest absolute Gasteiger partial charge is 0.368 e. The smallest absolute Gasteiger partial charge is 0.314 e. The zero-order valence-electron chi connectivity index (χ0n) is 137. The van der Waals surface area contributed by atoms with Crippen LogP contribution in [0, 0.1) is 64.1 Å². The molecule has 0 spiro atoms. The van der Waals surface area contributed by atoms with Crippen LogP contribution in [-0.2, 0) is 0 Å². The molecule has 135 heavy (non-hydrogen) atoms. The Morgan fingerprint density at radius 2 is 0.570 bits per heavy atom. The number of nitrogens with one attached hydrogen (secondary N) is 10. The molecular formula is C105H165Cl5N20O5. The molecule has 15 rings (SSSR count). The molecule has 0 aromatic heterocycles. The molecule has 0 bridgehead atoms. The van der Waals surface area contributed by atoms with Crippen molar-refractivity contribution in [1.82, 2.24) is 77.7 Å². The van der Waals surface area contributed by atoms with Gasteiger partial charge in [0.2, 0.25) is 0 Å². The van der Waals surface area contributed by atoms with Crippen molar-refractivity contribution in [2.75, 3.05) is 223 Å². The lowest BCUT2D eigenvalue weighted by molar-refractivity contribution is 0.205. The van der Waals surface area contributed by atoms with Gasteiger partial charge in [-0.3, -0.25) is 24.5 Å². The number of carbonyl (C=O) groups is 5. The van der Waals surface area contributed by atoms with Gasteiger partial charge in [-0.25, -0.2) is 24.0 Å². The third-order valence-electron chi connectivity index (χ3n) is 22.5. The van der Waals surface area contributed by atoms with Crippen LogP contribution >= 0.6 is 58.0 Å². The van der Waals surface area contributed by atoms with Gasteiger partial charge in [0.05, 0.1) is 64.5 Å². The minimum atomic E-state index is -4.13. The van der Waals surface area contributed by atoms with Gasteiger partial charge >= 0.3 is 30.2 Å². The molecule has 5 aromatic rings. The molecule has 30 heteroatoms. The normalized spacial score (nSPS) is 42.9. The number of anilines is 5. The number of halogens is 5. The second-order valence-corrected chi connectivity index (χ2v) is 33.7. The average Bonchev–Trinajstić information content (AvgIpc) is 0.641. The van der Waals surface area contributed by atoms with Crippen LogP contribution in [0.15, 0.2) is 91.0 Å². The van der Waals surface area contributed by atoms with Gasteiger partial charge in [0, 0.05) is 267 Å². The van der Waals surface area contributed by atoms with Crippen LogP contribution in [0.3, 0.4) is 0 Å². The minimum Gasteiger partial charge on any atom is -0.368 e. The summed E-state index contributed by atoms with van der Waals surface area (Å²) >= 11 is 32.0. The molecule has 0 atom stereocenters. The predicted molar refractivity (Wildman–Crippen MR) is 564 cm³/mol. The van der Waals surface area contributed by atoms with Gasteiger partial charge in [-0.05, 0) is 314 Å². The molecule has 5 saturated carbocycles. The molecule has 5 aromatic carbocycles. The summed E-state index contributed by atoms with van der Waals surface area (Å²) < 4.78 is 516. The summed E-state index contributed by atoms with van der Waals surface area (Å²) in [4.78, 5) is 73.1. The topological polar surface area (TPSA) is 238 Å². The van der Waals surface area contributed by atoms with E-state index in [0.717, 1.165) is 97.3 Å². The Morgan fingerprint density at radius 3 is 0.874 bits per heavy atom. The van der Waals surface area contributed by atoms with Gasteiger partial charge in [-0.15, -0.1) is 0 Å². The van der Waals surface area contributed by atoms with Gasteiger partial charge in [-0.2, -0.15) is 0 Å². The Kier molecular flexibility index (Phi) is 22.1. The maximum atomic E-state index is 12.1. The van der Waals surface area contributed by atoms with Crippen LogP contribution in [0.5, 0.6) is 0 Å². The SMILES string of the molecule is [2H]C([2H])(CC1([2H])C([2H])([2H])C([2H])([2H])C([2H])(NC(=O)NC)C([2H])([2H])C1([2H])[2H])N1CCN(c2cccc(C)c2Cl)CC1.[2H]C([2H])(CN1CCN(c2cccc(C)c2Cl)CC1)C1([2H])C([2H])([2H])C([2H])([2H])C([2H])(NC(=O)NC)C([2H])([2H])C1([2H])[2H].[2H]C([2H])(N1CCN(c2cccc(C)c2Cl)CC1)C([2H])([2H])C1([2H])C([2H])([2H])C([2H])([2H])C([2H])(NC(=O)NC)C([2H])([2H])C1([2H])[2H].[2H]C([2H])(N1CCN(c2cccc(C)c2Cl)CC1)C([2H])([2H])C1([2H])C([2H])([2H])C([2H])([2H])C([2H])(NC(=O)NC)C([2H])([2H])C1([2H])[2H].[2H]C1([2H])N(CCC2CCC(NC(=O)NC)CC2)C([2H])([2H])C([2H])([2H])N(c2cccc(C)c2Cl)C1([2H])[2H]. The Hall–Kier alpha value is -7.30. The Bertz CT molecular complexity index is 7200. The minimum absolute atomic E-state index is 0.0370. The predicted octanol–water partition coefficient (Wildman–Crippen LogP) is 18.2. The lowest BCUT2D eigenvalue weighted by Crippen LogP contribution is -2.47. The summed E-state index contributed by atoms with van der Waals surface area (Å²) in [5, 5.41) is 22.1. The van der Waals surface area contributed by atoms with Crippen LogP contribution in [-0.4, -0.2) is 283 Å². The maximum absolute atomic E-state index is 12.1. The number of nitrogens with zero attached hydrogens (tertiary/aromatic N) is 10. The van der Waals surface area contributed by atoms with E-state index in [0.29, 0.717) is 79.4 Å². The van der Waals surface area contributed by atoms with Crippen molar-refractivity contribution >= 4 is 117 Å². The Morgan fingerprint density at radius 1 is 0.304 bits per heavy atom. The first-order valence-corrected chi connectivity index (χ1v) is 46.1. The standard InChI is InChI=1S/5C21H33ClN4O/c5*1-16-4-3-5-19(20(16)22)26-14-12-25(13-15-26)11-10-17-6-8-18(9-7-17)24-21(27)23-2/h5*3-5,17-18H,6-15H2,1-2H3,(H2,23,24,27)/i2*6D2,7D2,8D2,9D2,10D2,11D2,17D,18D;6D2,7D2,8D2,9D2,11D2,17D,18D;6D2,7D2,8D2,9D2,10D2,17D,18D;12D2,13D2,14D2,15D2. The van der Waals surface area contributed by atoms with Gasteiger partial charge in [0.15, 0.2) is 0 Å². The molecule has 10 amide bonds. The van der Waals surface area contributed by atoms with Crippen molar-refractivity contribution in [2.45, 2.75) is 224 Å². The Balaban J connectivity index is 0.000000225. The molecule has 5 aliphatic heterocycles. The van der Waals surface area contributed by atoms with Crippen molar-refractivity contribution in [3.05, 3.63) is 144 Å². The number of aryl methyl sites for hydroxylation is 5. The van der Waals surface area contributed by atoms with Crippen molar-refractivity contribution in [1.29, 1.82) is 0 Å². The van der Waals surface area contributed by atoms with E-state index in [1.54, 1.807) is 76.5 Å². The summed E-state index contributed by atoms with van der Waals surface area (Å²) in [5.41, 5.74) is 6.64. The molecule has 10 aliphatic rings. The zero-order chi connectivity index (χ0) is 150. The van der Waals surface area contributed by atoms with Crippen LogP contribution in [0.4, 0.5) is 52.4 Å². The van der Waals surface area contributed by atoms with Crippen LogP contribution < -0.4 is 77.7 Å². The van der Waals surface area contributed by atoms with Crippen molar-refractivity contribution in [3.8, 4) is 0 Å². The zero-order valence-corrected chi connectivity index (χ0v) is 81.0. The number of piperazine rings is 5.